The summed E-state index contributed by atoms with van der Waals surface area (Å²) in [6.45, 7) is 0.723. The number of rotatable bonds is 7. The zero-order valence-corrected chi connectivity index (χ0v) is 19.0. The van der Waals surface area contributed by atoms with Crippen molar-refractivity contribution in [2.24, 2.45) is 7.05 Å². The second-order valence-corrected chi connectivity index (χ2v) is 9.04. The normalized spacial score (nSPS) is 16.7. The first-order chi connectivity index (χ1) is 16.0. The largest absolute Gasteiger partial charge is 0.419 e. The lowest BCUT2D eigenvalue weighted by Crippen LogP contribution is -2.30. The van der Waals surface area contributed by atoms with E-state index < -0.39 is 29.0 Å². The quantitative estimate of drug-likeness (QED) is 0.373. The lowest BCUT2D eigenvalue weighted by molar-refractivity contribution is -0.137. The second-order valence-electron chi connectivity index (χ2n) is 9.04. The summed E-state index contributed by atoms with van der Waals surface area (Å²) in [5.41, 5.74) is -1.28. The Balaban J connectivity index is 1.52. The minimum atomic E-state index is -4.51. The summed E-state index contributed by atoms with van der Waals surface area (Å²) < 4.78 is 74.6. The summed E-state index contributed by atoms with van der Waals surface area (Å²) in [7, 11) is 1.64. The fourth-order valence-electron chi connectivity index (χ4n) is 4.74. The van der Waals surface area contributed by atoms with Gasteiger partial charge in [0, 0.05) is 31.4 Å². The van der Waals surface area contributed by atoms with Crippen LogP contribution in [0.15, 0.2) is 28.7 Å². The van der Waals surface area contributed by atoms with Gasteiger partial charge in [-0.1, -0.05) is 37.5 Å². The van der Waals surface area contributed by atoms with Gasteiger partial charge in [-0.15, -0.1) is 20.4 Å². The molecule has 1 aliphatic carbocycles. The topological polar surface area (TPSA) is 69.6 Å². The fraction of sp³-hybridized carbons (Fsp3) is 0.565. The number of hydrogen-bond acceptors (Lipinski definition) is 5. The number of hydrogen-bond donors (Lipinski definition) is 0. The Kier molecular flexibility index (Phi) is 6.48. The molecule has 3 aromatic rings. The highest BCUT2D eigenvalue weighted by molar-refractivity contribution is 5.61. The van der Waals surface area contributed by atoms with Crippen LogP contribution in [0.4, 0.5) is 22.0 Å². The molecule has 11 heteroatoms. The molecule has 2 heterocycles. The van der Waals surface area contributed by atoms with Crippen LogP contribution in [0.25, 0.3) is 11.4 Å². The second kappa shape index (κ2) is 9.07. The van der Waals surface area contributed by atoms with Crippen molar-refractivity contribution >= 4 is 0 Å². The summed E-state index contributed by atoms with van der Waals surface area (Å²) in [6, 6.07) is 5.27. The smallest absolute Gasteiger partial charge is 0.417 e. The van der Waals surface area contributed by atoms with Gasteiger partial charge in [0.05, 0.1) is 5.56 Å². The molecule has 0 amide bonds. The highest BCUT2D eigenvalue weighted by Gasteiger charge is 2.41. The molecule has 1 saturated carbocycles. The first-order valence-corrected chi connectivity index (χ1v) is 11.3. The fourth-order valence-corrected chi connectivity index (χ4v) is 4.74. The van der Waals surface area contributed by atoms with Crippen LogP contribution in [0.1, 0.15) is 75.0 Å². The van der Waals surface area contributed by atoms with E-state index in [1.165, 1.54) is 18.2 Å². The number of halogens is 5. The van der Waals surface area contributed by atoms with Gasteiger partial charge in [0.25, 0.3) is 5.89 Å². The maximum atomic E-state index is 13.6. The third kappa shape index (κ3) is 4.83. The van der Waals surface area contributed by atoms with Gasteiger partial charge in [-0.2, -0.15) is 22.0 Å². The molecule has 0 radical (unpaired) electrons. The predicted octanol–water partition coefficient (Wildman–Crippen LogP) is 6.22. The molecular formula is C23H26F5N5O. The Morgan fingerprint density at radius 2 is 1.68 bits per heavy atom. The van der Waals surface area contributed by atoms with Crippen molar-refractivity contribution in [1.29, 1.82) is 0 Å². The van der Waals surface area contributed by atoms with Gasteiger partial charge < -0.3 is 8.98 Å². The van der Waals surface area contributed by atoms with E-state index in [-0.39, 0.29) is 17.3 Å². The Labute approximate surface area is 193 Å². The standard InChI is InChI=1S/C23H26F5N5O/c1-21(24,25)19-31-32-20(34-19)22(12-6-3-7-13-22)14-8-11-17-29-30-18(33(17)2)15-9-4-5-10-16(15)23(26,27)28/h4-5,9-10H,3,6-8,11-14H2,1-2H3. The minimum absolute atomic E-state index is 0.0288. The number of aromatic nitrogens is 5. The van der Waals surface area contributed by atoms with Crippen molar-refractivity contribution in [3.05, 3.63) is 47.4 Å². The number of nitrogens with zero attached hydrogens (tertiary/aromatic N) is 5. The SMILES string of the molecule is Cn1c(CCCC2(c3nnc(C(C)(F)F)o3)CCCCC2)nnc1-c1ccccc1C(F)(F)F. The molecule has 0 unspecified atom stereocenters. The molecule has 34 heavy (non-hydrogen) atoms. The third-order valence-electron chi connectivity index (χ3n) is 6.56. The van der Waals surface area contributed by atoms with Gasteiger partial charge in [-0.05, 0) is 31.7 Å². The van der Waals surface area contributed by atoms with Gasteiger partial charge in [0.15, 0.2) is 5.82 Å². The van der Waals surface area contributed by atoms with Crippen LogP contribution >= 0.6 is 0 Å². The molecule has 0 atom stereocenters. The van der Waals surface area contributed by atoms with Crippen LogP contribution in [0.3, 0.4) is 0 Å². The lowest BCUT2D eigenvalue weighted by Gasteiger charge is -2.34. The van der Waals surface area contributed by atoms with Gasteiger partial charge in [0.2, 0.25) is 5.89 Å². The molecule has 184 valence electrons. The van der Waals surface area contributed by atoms with Crippen molar-refractivity contribution in [2.45, 2.75) is 75.8 Å². The molecule has 0 N–H and O–H groups in total. The van der Waals surface area contributed by atoms with Crippen molar-refractivity contribution in [3.8, 4) is 11.4 Å². The van der Waals surface area contributed by atoms with Crippen molar-refractivity contribution in [2.75, 3.05) is 0 Å². The molecule has 0 spiro atoms. The predicted molar refractivity (Wildman–Crippen MR) is 113 cm³/mol. The van der Waals surface area contributed by atoms with Crippen LogP contribution < -0.4 is 0 Å². The molecule has 0 aliphatic heterocycles. The zero-order chi connectivity index (χ0) is 24.6. The highest BCUT2D eigenvalue weighted by atomic mass is 19.4. The minimum Gasteiger partial charge on any atom is -0.419 e. The van der Waals surface area contributed by atoms with Crippen LogP contribution in [0, 0.1) is 0 Å². The summed E-state index contributed by atoms with van der Waals surface area (Å²) in [5.74, 6) is -2.97. The monoisotopic (exact) mass is 483 g/mol. The molecule has 4 rings (SSSR count). The zero-order valence-electron chi connectivity index (χ0n) is 19.0. The number of aryl methyl sites for hydroxylation is 1. The van der Waals surface area contributed by atoms with Crippen molar-refractivity contribution in [1.82, 2.24) is 25.0 Å². The van der Waals surface area contributed by atoms with E-state index >= 15 is 0 Å². The van der Waals surface area contributed by atoms with E-state index in [9.17, 15) is 22.0 Å². The third-order valence-corrected chi connectivity index (χ3v) is 6.56. The Bertz CT molecular complexity index is 1130. The molecule has 6 nitrogen and oxygen atoms in total. The molecule has 0 bridgehead atoms. The molecule has 1 aromatic carbocycles. The van der Waals surface area contributed by atoms with Crippen LogP contribution in [-0.4, -0.2) is 25.0 Å². The van der Waals surface area contributed by atoms with Crippen molar-refractivity contribution in [3.63, 3.8) is 0 Å². The van der Waals surface area contributed by atoms with Gasteiger partial charge >= 0.3 is 12.1 Å². The van der Waals surface area contributed by atoms with E-state index in [0.717, 1.165) is 45.1 Å². The molecule has 1 aliphatic rings. The van der Waals surface area contributed by atoms with Gasteiger partial charge in [-0.25, -0.2) is 0 Å². The Hall–Kier alpha value is -2.85. The van der Waals surface area contributed by atoms with E-state index in [1.54, 1.807) is 11.6 Å². The summed E-state index contributed by atoms with van der Waals surface area (Å²) in [4.78, 5) is 0. The lowest BCUT2D eigenvalue weighted by atomic mass is 9.71. The number of alkyl halides is 5. The average Bonchev–Trinajstić information content (AvgIpc) is 3.42. The maximum Gasteiger partial charge on any atom is 0.417 e. The summed E-state index contributed by atoms with van der Waals surface area (Å²) in [5, 5.41) is 15.7. The summed E-state index contributed by atoms with van der Waals surface area (Å²) in [6.07, 6.45) is 1.62. The average molecular weight is 483 g/mol. The van der Waals surface area contributed by atoms with Crippen molar-refractivity contribution < 1.29 is 26.4 Å². The number of benzene rings is 1. The first-order valence-electron chi connectivity index (χ1n) is 11.3. The van der Waals surface area contributed by atoms with Crippen LogP contribution in [-0.2, 0) is 31.0 Å². The van der Waals surface area contributed by atoms with Gasteiger partial charge in [-0.3, -0.25) is 0 Å². The Morgan fingerprint density at radius 1 is 0.971 bits per heavy atom. The molecular weight excluding hydrogens is 457 g/mol. The molecule has 1 fully saturated rings. The molecule has 2 aromatic heterocycles. The van der Waals surface area contributed by atoms with E-state index in [0.29, 0.717) is 25.1 Å². The highest BCUT2D eigenvalue weighted by Crippen LogP contribution is 2.44. The molecule has 0 saturated heterocycles. The first kappa shape index (κ1) is 24.3. The Morgan fingerprint density at radius 3 is 2.32 bits per heavy atom. The summed E-state index contributed by atoms with van der Waals surface area (Å²) >= 11 is 0. The van der Waals surface area contributed by atoms with Crippen LogP contribution in [0.2, 0.25) is 0 Å². The van der Waals surface area contributed by atoms with Crippen LogP contribution in [0.5, 0.6) is 0 Å². The maximum absolute atomic E-state index is 13.6. The van der Waals surface area contributed by atoms with E-state index in [4.69, 9.17) is 4.42 Å². The van der Waals surface area contributed by atoms with Gasteiger partial charge in [0.1, 0.15) is 5.82 Å². The van der Waals surface area contributed by atoms with E-state index in [2.05, 4.69) is 20.4 Å². The van der Waals surface area contributed by atoms with E-state index in [1.807, 2.05) is 0 Å².